The van der Waals surface area contributed by atoms with Gasteiger partial charge in [0, 0.05) is 30.9 Å². The van der Waals surface area contributed by atoms with Crippen molar-refractivity contribution in [2.75, 3.05) is 6.54 Å². The highest BCUT2D eigenvalue weighted by Gasteiger charge is 2.23. The van der Waals surface area contributed by atoms with Crippen LogP contribution in [0.5, 0.6) is 0 Å². The summed E-state index contributed by atoms with van der Waals surface area (Å²) in [6.07, 6.45) is 6.90. The van der Waals surface area contributed by atoms with Crippen LogP contribution in [-0.2, 0) is 6.54 Å². The zero-order chi connectivity index (χ0) is 13.8. The van der Waals surface area contributed by atoms with Crippen LogP contribution in [0.25, 0.3) is 0 Å². The maximum atomic E-state index is 5.99. The van der Waals surface area contributed by atoms with Crippen molar-refractivity contribution >= 4 is 0 Å². The van der Waals surface area contributed by atoms with Crippen LogP contribution in [0.3, 0.4) is 0 Å². The molecule has 0 bridgehead atoms. The summed E-state index contributed by atoms with van der Waals surface area (Å²) < 4.78 is 2.04. The molecule has 0 atom stereocenters. The lowest BCUT2D eigenvalue weighted by Gasteiger charge is -2.35. The van der Waals surface area contributed by atoms with E-state index in [1.54, 1.807) is 0 Å². The quantitative estimate of drug-likeness (QED) is 0.889. The second-order valence-electron chi connectivity index (χ2n) is 6.01. The highest BCUT2D eigenvalue weighted by molar-refractivity contribution is 5.00. The number of hydrogen-bond acceptors (Lipinski definition) is 3. The van der Waals surface area contributed by atoms with Gasteiger partial charge in [0.15, 0.2) is 0 Å². The van der Waals surface area contributed by atoms with Gasteiger partial charge in [-0.05, 0) is 52.1 Å². The predicted molar refractivity (Wildman–Crippen MR) is 78.9 cm³/mol. The van der Waals surface area contributed by atoms with Crippen LogP contribution in [0.15, 0.2) is 12.3 Å². The van der Waals surface area contributed by atoms with Crippen LogP contribution in [0, 0.1) is 0 Å². The van der Waals surface area contributed by atoms with Crippen LogP contribution in [0.4, 0.5) is 0 Å². The molecule has 2 N–H and O–H groups in total. The lowest BCUT2D eigenvalue weighted by Crippen LogP contribution is -2.40. The maximum absolute atomic E-state index is 5.99. The minimum Gasteiger partial charge on any atom is -0.328 e. The highest BCUT2D eigenvalue weighted by atomic mass is 15.3. The summed E-state index contributed by atoms with van der Waals surface area (Å²) >= 11 is 0. The molecule has 4 heteroatoms. The normalized spacial score (nSPS) is 24.3. The average Bonchev–Trinajstić information content (AvgIpc) is 2.86. The summed E-state index contributed by atoms with van der Waals surface area (Å²) in [4.78, 5) is 2.55. The Balaban J connectivity index is 1.94. The van der Waals surface area contributed by atoms with E-state index in [9.17, 15) is 0 Å². The molecule has 0 aromatic carbocycles. The summed E-state index contributed by atoms with van der Waals surface area (Å²) in [6.45, 7) is 8.63. The maximum Gasteiger partial charge on any atom is 0.0764 e. The predicted octanol–water partition coefficient (Wildman–Crippen LogP) is 2.56. The molecule has 1 aromatic heterocycles. The van der Waals surface area contributed by atoms with E-state index < -0.39 is 0 Å². The van der Waals surface area contributed by atoms with Crippen molar-refractivity contribution in [3.05, 3.63) is 18.0 Å². The Morgan fingerprint density at radius 2 is 2.05 bits per heavy atom. The molecular weight excluding hydrogens is 236 g/mol. The van der Waals surface area contributed by atoms with Crippen LogP contribution < -0.4 is 5.73 Å². The van der Waals surface area contributed by atoms with Gasteiger partial charge in [-0.15, -0.1) is 0 Å². The van der Waals surface area contributed by atoms with Gasteiger partial charge < -0.3 is 5.73 Å². The van der Waals surface area contributed by atoms with Crippen molar-refractivity contribution in [2.24, 2.45) is 5.73 Å². The van der Waals surface area contributed by atoms with Crippen molar-refractivity contribution in [3.8, 4) is 0 Å². The van der Waals surface area contributed by atoms with Gasteiger partial charge in [-0.3, -0.25) is 9.58 Å². The number of hydrogen-bond donors (Lipinski definition) is 1. The summed E-state index contributed by atoms with van der Waals surface area (Å²) in [5.74, 6) is 0. The molecule has 1 aliphatic carbocycles. The van der Waals surface area contributed by atoms with Crippen molar-refractivity contribution in [1.29, 1.82) is 0 Å². The molecule has 19 heavy (non-hydrogen) atoms. The zero-order valence-corrected chi connectivity index (χ0v) is 12.5. The summed E-state index contributed by atoms with van der Waals surface area (Å²) in [7, 11) is 0. The third-order valence-electron chi connectivity index (χ3n) is 4.22. The molecule has 1 aliphatic rings. The molecular formula is C15H28N4. The van der Waals surface area contributed by atoms with Crippen molar-refractivity contribution < 1.29 is 0 Å². The summed E-state index contributed by atoms with van der Waals surface area (Å²) in [5, 5.41) is 4.66. The molecule has 2 rings (SSSR count). The molecule has 0 radical (unpaired) electrons. The smallest absolute Gasteiger partial charge is 0.0764 e. The topological polar surface area (TPSA) is 47.1 Å². The monoisotopic (exact) mass is 264 g/mol. The van der Waals surface area contributed by atoms with Gasteiger partial charge in [0.05, 0.1) is 5.69 Å². The first-order valence-electron chi connectivity index (χ1n) is 7.63. The lowest BCUT2D eigenvalue weighted by molar-refractivity contribution is 0.147. The van der Waals surface area contributed by atoms with Crippen molar-refractivity contribution in [1.82, 2.24) is 14.7 Å². The Labute approximate surface area is 117 Å². The number of nitrogens with two attached hydrogens (primary N) is 1. The summed E-state index contributed by atoms with van der Waals surface area (Å²) in [6, 6.07) is 3.71. The van der Waals surface area contributed by atoms with E-state index in [2.05, 4.69) is 43.0 Å². The van der Waals surface area contributed by atoms with Gasteiger partial charge in [-0.2, -0.15) is 5.10 Å². The molecule has 108 valence electrons. The van der Waals surface area contributed by atoms with Gasteiger partial charge in [0.25, 0.3) is 0 Å². The fourth-order valence-corrected chi connectivity index (χ4v) is 2.92. The van der Waals surface area contributed by atoms with E-state index in [-0.39, 0.29) is 0 Å². The Kier molecular flexibility index (Phi) is 4.99. The standard InChI is InChI=1S/C15H28N4/c1-4-18(15-7-5-13(16)6-8-15)11-14-9-10-19(17-14)12(2)3/h9-10,12-13,15H,4-8,11,16H2,1-3H3. The Morgan fingerprint density at radius 3 is 2.58 bits per heavy atom. The van der Waals surface area contributed by atoms with Gasteiger partial charge >= 0.3 is 0 Å². The SMILES string of the molecule is CCN(Cc1ccn(C(C)C)n1)C1CCC(N)CC1. The fourth-order valence-electron chi connectivity index (χ4n) is 2.92. The zero-order valence-electron chi connectivity index (χ0n) is 12.5. The first kappa shape index (κ1) is 14.5. The molecule has 0 amide bonds. The molecule has 1 saturated carbocycles. The van der Waals surface area contributed by atoms with Gasteiger partial charge in [0.2, 0.25) is 0 Å². The molecule has 0 aliphatic heterocycles. The van der Waals surface area contributed by atoms with E-state index in [0.717, 1.165) is 13.1 Å². The largest absolute Gasteiger partial charge is 0.328 e. The van der Waals surface area contributed by atoms with Gasteiger partial charge in [0.1, 0.15) is 0 Å². The number of rotatable bonds is 5. The number of aromatic nitrogens is 2. The van der Waals surface area contributed by atoms with E-state index in [1.807, 2.05) is 4.68 Å². The molecule has 4 nitrogen and oxygen atoms in total. The first-order chi connectivity index (χ1) is 9.10. The molecule has 1 heterocycles. The van der Waals surface area contributed by atoms with E-state index in [1.165, 1.54) is 31.4 Å². The minimum absolute atomic E-state index is 0.426. The molecule has 0 saturated heterocycles. The molecule has 0 spiro atoms. The number of nitrogens with zero attached hydrogens (tertiary/aromatic N) is 3. The van der Waals surface area contributed by atoms with Crippen LogP contribution >= 0.6 is 0 Å². The third kappa shape index (κ3) is 3.80. The Morgan fingerprint density at radius 1 is 1.37 bits per heavy atom. The Bertz CT molecular complexity index is 377. The first-order valence-corrected chi connectivity index (χ1v) is 7.63. The fraction of sp³-hybridized carbons (Fsp3) is 0.800. The van der Waals surface area contributed by atoms with E-state index >= 15 is 0 Å². The van der Waals surface area contributed by atoms with E-state index in [0.29, 0.717) is 18.1 Å². The average molecular weight is 264 g/mol. The Hall–Kier alpha value is -0.870. The van der Waals surface area contributed by atoms with Crippen molar-refractivity contribution in [3.63, 3.8) is 0 Å². The second kappa shape index (κ2) is 6.53. The lowest BCUT2D eigenvalue weighted by atomic mass is 9.90. The van der Waals surface area contributed by atoms with E-state index in [4.69, 9.17) is 5.73 Å². The summed E-state index contributed by atoms with van der Waals surface area (Å²) in [5.41, 5.74) is 7.18. The van der Waals surface area contributed by atoms with Crippen molar-refractivity contribution in [2.45, 2.75) is 71.1 Å². The van der Waals surface area contributed by atoms with Crippen LogP contribution in [0.1, 0.15) is 58.2 Å². The van der Waals surface area contributed by atoms with Gasteiger partial charge in [-0.25, -0.2) is 0 Å². The van der Waals surface area contributed by atoms with Crippen LogP contribution in [-0.4, -0.2) is 33.3 Å². The molecule has 0 unspecified atom stereocenters. The minimum atomic E-state index is 0.426. The van der Waals surface area contributed by atoms with Gasteiger partial charge in [-0.1, -0.05) is 6.92 Å². The highest BCUT2D eigenvalue weighted by Crippen LogP contribution is 2.23. The molecule has 1 fully saturated rings. The third-order valence-corrected chi connectivity index (χ3v) is 4.22. The van der Waals surface area contributed by atoms with Crippen LogP contribution in [0.2, 0.25) is 0 Å². The second-order valence-corrected chi connectivity index (χ2v) is 6.01. The molecule has 1 aromatic rings.